The average molecular weight is 286 g/mol. The highest BCUT2D eigenvalue weighted by atomic mass is 16.2. The van der Waals surface area contributed by atoms with Gasteiger partial charge in [-0.15, -0.1) is 0 Å². The molecule has 2 saturated heterocycles. The van der Waals surface area contributed by atoms with Crippen molar-refractivity contribution in [3.05, 3.63) is 35.9 Å². The van der Waals surface area contributed by atoms with Gasteiger partial charge in [-0.05, 0) is 43.8 Å². The minimum Gasteiger partial charge on any atom is -0.292 e. The van der Waals surface area contributed by atoms with E-state index in [2.05, 4.69) is 29.2 Å². The molecule has 2 fully saturated rings. The Bertz CT molecular complexity index is 521. The third kappa shape index (κ3) is 3.00. The van der Waals surface area contributed by atoms with Crippen LogP contribution in [0, 0.1) is 5.92 Å². The van der Waals surface area contributed by atoms with E-state index in [1.807, 2.05) is 6.07 Å². The highest BCUT2D eigenvalue weighted by molar-refractivity contribution is 6.05. The van der Waals surface area contributed by atoms with Crippen LogP contribution in [0.3, 0.4) is 0 Å². The van der Waals surface area contributed by atoms with E-state index in [-0.39, 0.29) is 17.9 Å². The standard InChI is InChI=1S/C17H22N2O2/c1-18-16(20)12-15(17(18)21)19-9-7-14(8-10-19)11-13-5-3-2-4-6-13/h2-6,14-15H,7-12H2,1H3. The number of nitrogens with zero attached hydrogens (tertiary/aromatic N) is 2. The fraction of sp³-hybridized carbons (Fsp3) is 0.529. The summed E-state index contributed by atoms with van der Waals surface area (Å²) in [6.07, 6.45) is 3.69. The molecule has 21 heavy (non-hydrogen) atoms. The van der Waals surface area contributed by atoms with Gasteiger partial charge in [-0.2, -0.15) is 0 Å². The maximum absolute atomic E-state index is 12.1. The van der Waals surface area contributed by atoms with Gasteiger partial charge in [-0.3, -0.25) is 19.4 Å². The zero-order valence-corrected chi connectivity index (χ0v) is 12.5. The summed E-state index contributed by atoms with van der Waals surface area (Å²) in [7, 11) is 1.59. The SMILES string of the molecule is CN1C(=O)CC(N2CCC(Cc3ccccc3)CC2)C1=O. The normalized spacial score (nSPS) is 24.8. The minimum absolute atomic E-state index is 0.0264. The lowest BCUT2D eigenvalue weighted by Crippen LogP contribution is -2.45. The van der Waals surface area contributed by atoms with Crippen LogP contribution in [0.25, 0.3) is 0 Å². The first-order valence-corrected chi connectivity index (χ1v) is 7.73. The summed E-state index contributed by atoms with van der Waals surface area (Å²) < 4.78 is 0. The number of hydrogen-bond donors (Lipinski definition) is 0. The van der Waals surface area contributed by atoms with Crippen molar-refractivity contribution in [2.45, 2.75) is 31.7 Å². The molecule has 1 aromatic rings. The second kappa shape index (κ2) is 5.98. The van der Waals surface area contributed by atoms with Crippen molar-refractivity contribution in [1.82, 2.24) is 9.80 Å². The average Bonchev–Trinajstić information content (AvgIpc) is 2.77. The number of hydrogen-bond acceptors (Lipinski definition) is 3. The lowest BCUT2D eigenvalue weighted by atomic mass is 9.89. The number of amides is 2. The summed E-state index contributed by atoms with van der Waals surface area (Å²) >= 11 is 0. The molecule has 0 bridgehead atoms. The van der Waals surface area contributed by atoms with E-state index >= 15 is 0 Å². The number of carbonyl (C=O) groups excluding carboxylic acids is 2. The molecule has 0 saturated carbocycles. The minimum atomic E-state index is -0.208. The topological polar surface area (TPSA) is 40.6 Å². The zero-order chi connectivity index (χ0) is 14.8. The predicted octanol–water partition coefficient (Wildman–Crippen LogP) is 1.70. The third-order valence-electron chi connectivity index (χ3n) is 4.81. The zero-order valence-electron chi connectivity index (χ0n) is 12.5. The first kappa shape index (κ1) is 14.3. The quantitative estimate of drug-likeness (QED) is 0.794. The highest BCUT2D eigenvalue weighted by Gasteiger charge is 2.40. The van der Waals surface area contributed by atoms with Crippen LogP contribution in [-0.4, -0.2) is 47.8 Å². The van der Waals surface area contributed by atoms with Crippen LogP contribution >= 0.6 is 0 Å². The van der Waals surface area contributed by atoms with Crippen molar-refractivity contribution in [1.29, 1.82) is 0 Å². The van der Waals surface area contributed by atoms with E-state index < -0.39 is 0 Å². The van der Waals surface area contributed by atoms with Gasteiger partial charge in [0, 0.05) is 7.05 Å². The van der Waals surface area contributed by atoms with Crippen molar-refractivity contribution in [3.63, 3.8) is 0 Å². The third-order valence-corrected chi connectivity index (χ3v) is 4.81. The van der Waals surface area contributed by atoms with Crippen LogP contribution in [0.5, 0.6) is 0 Å². The number of carbonyl (C=O) groups is 2. The van der Waals surface area contributed by atoms with Gasteiger partial charge in [0.1, 0.15) is 0 Å². The summed E-state index contributed by atoms with van der Waals surface area (Å²) in [5.74, 6) is 0.617. The molecule has 0 aromatic heterocycles. The summed E-state index contributed by atoms with van der Waals surface area (Å²) in [6, 6.07) is 10.4. The van der Waals surface area contributed by atoms with Crippen LogP contribution < -0.4 is 0 Å². The van der Waals surface area contributed by atoms with Gasteiger partial charge >= 0.3 is 0 Å². The Hall–Kier alpha value is -1.68. The second-order valence-corrected chi connectivity index (χ2v) is 6.18. The molecule has 0 aliphatic carbocycles. The van der Waals surface area contributed by atoms with Gasteiger partial charge in [-0.1, -0.05) is 30.3 Å². The molecular formula is C17H22N2O2. The molecule has 2 heterocycles. The fourth-order valence-electron chi connectivity index (χ4n) is 3.44. The molecule has 3 rings (SSSR count). The number of benzene rings is 1. The summed E-state index contributed by atoms with van der Waals surface area (Å²) in [4.78, 5) is 27.2. The van der Waals surface area contributed by atoms with Crippen LogP contribution in [0.15, 0.2) is 30.3 Å². The van der Waals surface area contributed by atoms with E-state index in [0.717, 1.165) is 32.4 Å². The van der Waals surface area contributed by atoms with Gasteiger partial charge in [0.25, 0.3) is 0 Å². The summed E-state index contributed by atoms with van der Waals surface area (Å²) in [5.41, 5.74) is 1.39. The maximum Gasteiger partial charge on any atom is 0.246 e. The first-order valence-electron chi connectivity index (χ1n) is 7.73. The molecule has 0 N–H and O–H groups in total. The second-order valence-electron chi connectivity index (χ2n) is 6.18. The first-order chi connectivity index (χ1) is 10.1. The summed E-state index contributed by atoms with van der Waals surface area (Å²) in [6.45, 7) is 1.85. The Kier molecular flexibility index (Phi) is 4.06. The van der Waals surface area contributed by atoms with E-state index in [1.54, 1.807) is 7.05 Å². The Labute approximate surface area is 125 Å². The lowest BCUT2D eigenvalue weighted by Gasteiger charge is -2.34. The molecular weight excluding hydrogens is 264 g/mol. The van der Waals surface area contributed by atoms with Crippen molar-refractivity contribution in [3.8, 4) is 0 Å². The largest absolute Gasteiger partial charge is 0.292 e. The molecule has 1 atom stereocenters. The number of piperidine rings is 1. The Morgan fingerprint density at radius 2 is 1.76 bits per heavy atom. The molecule has 1 aromatic carbocycles. The van der Waals surface area contributed by atoms with Crippen LogP contribution in [-0.2, 0) is 16.0 Å². The summed E-state index contributed by atoms with van der Waals surface area (Å²) in [5, 5.41) is 0. The molecule has 0 radical (unpaired) electrons. The monoisotopic (exact) mass is 286 g/mol. The number of likely N-dealkylation sites (N-methyl/N-ethyl adjacent to an activating group) is 1. The number of imide groups is 1. The highest BCUT2D eigenvalue weighted by Crippen LogP contribution is 2.26. The van der Waals surface area contributed by atoms with E-state index in [9.17, 15) is 9.59 Å². The number of likely N-dealkylation sites (tertiary alicyclic amines) is 2. The van der Waals surface area contributed by atoms with E-state index in [0.29, 0.717) is 12.3 Å². The number of rotatable bonds is 3. The molecule has 1 unspecified atom stereocenters. The van der Waals surface area contributed by atoms with Gasteiger partial charge < -0.3 is 0 Å². The van der Waals surface area contributed by atoms with Crippen LogP contribution in [0.2, 0.25) is 0 Å². The lowest BCUT2D eigenvalue weighted by molar-refractivity contribution is -0.138. The van der Waals surface area contributed by atoms with Gasteiger partial charge in [0.05, 0.1) is 12.5 Å². The van der Waals surface area contributed by atoms with E-state index in [4.69, 9.17) is 0 Å². The predicted molar refractivity (Wildman–Crippen MR) is 80.6 cm³/mol. The fourth-order valence-corrected chi connectivity index (χ4v) is 3.44. The molecule has 4 nitrogen and oxygen atoms in total. The van der Waals surface area contributed by atoms with Gasteiger partial charge in [0.15, 0.2) is 0 Å². The van der Waals surface area contributed by atoms with E-state index in [1.165, 1.54) is 10.5 Å². The molecule has 2 amide bonds. The molecule has 2 aliphatic heterocycles. The molecule has 4 heteroatoms. The smallest absolute Gasteiger partial charge is 0.246 e. The Morgan fingerprint density at radius 1 is 1.10 bits per heavy atom. The van der Waals surface area contributed by atoms with Gasteiger partial charge in [-0.25, -0.2) is 0 Å². The van der Waals surface area contributed by atoms with Crippen LogP contribution in [0.1, 0.15) is 24.8 Å². The van der Waals surface area contributed by atoms with Crippen molar-refractivity contribution in [2.75, 3.05) is 20.1 Å². The van der Waals surface area contributed by atoms with Crippen molar-refractivity contribution in [2.24, 2.45) is 5.92 Å². The van der Waals surface area contributed by atoms with Crippen molar-refractivity contribution < 1.29 is 9.59 Å². The maximum atomic E-state index is 12.1. The van der Waals surface area contributed by atoms with Gasteiger partial charge in [0.2, 0.25) is 11.8 Å². The Balaban J connectivity index is 1.54. The van der Waals surface area contributed by atoms with Crippen LogP contribution in [0.4, 0.5) is 0 Å². The molecule has 0 spiro atoms. The molecule has 112 valence electrons. The molecule has 2 aliphatic rings. The van der Waals surface area contributed by atoms with Crippen molar-refractivity contribution >= 4 is 11.8 Å². The Morgan fingerprint density at radius 3 is 2.33 bits per heavy atom.